The van der Waals surface area contributed by atoms with E-state index >= 15 is 0 Å². The number of nitrogens with zero attached hydrogens (tertiary/aromatic N) is 2. The number of carbonyl (C=O) groups is 1. The van der Waals surface area contributed by atoms with E-state index in [0.717, 1.165) is 37.8 Å². The van der Waals surface area contributed by atoms with Crippen molar-refractivity contribution in [3.63, 3.8) is 0 Å². The third-order valence-corrected chi connectivity index (χ3v) is 4.00. The average Bonchev–Trinajstić information content (AvgIpc) is 3.05. The summed E-state index contributed by atoms with van der Waals surface area (Å²) in [5, 5.41) is 9.26. The largest absolute Gasteiger partial charge is 0.395 e. The van der Waals surface area contributed by atoms with E-state index in [4.69, 9.17) is 5.84 Å². The standard InChI is InChI=1S/C15H24N4O2/c1-2-12-9-11(10-14(17-12)18-16)15(21)19(7-8-20)13-5-3-4-6-13/h9-10,13,20H,2-8,16H2,1H3,(H,17,18). The number of pyridine rings is 1. The molecule has 1 aliphatic rings. The summed E-state index contributed by atoms with van der Waals surface area (Å²) >= 11 is 0. The van der Waals surface area contributed by atoms with Gasteiger partial charge in [-0.3, -0.25) is 4.79 Å². The third-order valence-electron chi connectivity index (χ3n) is 4.00. The summed E-state index contributed by atoms with van der Waals surface area (Å²) in [6.45, 7) is 2.34. The molecule has 1 saturated carbocycles. The van der Waals surface area contributed by atoms with Gasteiger partial charge in [0.25, 0.3) is 5.91 Å². The number of aliphatic hydroxyl groups excluding tert-OH is 1. The maximum absolute atomic E-state index is 12.8. The molecule has 1 aromatic heterocycles. The number of amides is 1. The molecule has 1 heterocycles. The van der Waals surface area contributed by atoms with E-state index in [1.54, 1.807) is 11.0 Å². The van der Waals surface area contributed by atoms with Gasteiger partial charge in [-0.2, -0.15) is 0 Å². The maximum atomic E-state index is 12.8. The van der Waals surface area contributed by atoms with Gasteiger partial charge in [-0.1, -0.05) is 19.8 Å². The zero-order chi connectivity index (χ0) is 15.2. The number of rotatable bonds is 6. The molecule has 0 unspecified atom stereocenters. The zero-order valence-corrected chi connectivity index (χ0v) is 12.5. The van der Waals surface area contributed by atoms with E-state index in [-0.39, 0.29) is 18.6 Å². The quantitative estimate of drug-likeness (QED) is 0.543. The summed E-state index contributed by atoms with van der Waals surface area (Å²) in [7, 11) is 0. The Kier molecular flexibility index (Phi) is 5.52. The van der Waals surface area contributed by atoms with Gasteiger partial charge in [-0.15, -0.1) is 0 Å². The fourth-order valence-corrected chi connectivity index (χ4v) is 2.91. The second kappa shape index (κ2) is 7.38. The van der Waals surface area contributed by atoms with Gasteiger partial charge in [-0.25, -0.2) is 10.8 Å². The minimum absolute atomic E-state index is 0.0179. The summed E-state index contributed by atoms with van der Waals surface area (Å²) in [5.74, 6) is 5.86. The number of anilines is 1. The highest BCUT2D eigenvalue weighted by atomic mass is 16.3. The molecule has 0 spiro atoms. The number of aryl methyl sites for hydroxylation is 1. The Morgan fingerprint density at radius 3 is 2.76 bits per heavy atom. The normalized spacial score (nSPS) is 15.2. The number of nitrogens with two attached hydrogens (primary N) is 1. The van der Waals surface area contributed by atoms with Crippen molar-refractivity contribution in [2.75, 3.05) is 18.6 Å². The Balaban J connectivity index is 2.26. The van der Waals surface area contributed by atoms with Crippen LogP contribution in [0.1, 0.15) is 48.7 Å². The first kappa shape index (κ1) is 15.7. The van der Waals surface area contributed by atoms with Gasteiger partial charge < -0.3 is 15.4 Å². The van der Waals surface area contributed by atoms with Crippen molar-refractivity contribution in [3.8, 4) is 0 Å². The zero-order valence-electron chi connectivity index (χ0n) is 12.5. The molecule has 0 radical (unpaired) electrons. The highest BCUT2D eigenvalue weighted by molar-refractivity contribution is 5.95. The second-order valence-electron chi connectivity index (χ2n) is 5.39. The Morgan fingerprint density at radius 1 is 1.48 bits per heavy atom. The molecule has 0 bridgehead atoms. The Hall–Kier alpha value is -1.66. The predicted octanol–water partition coefficient (Wildman–Crippen LogP) is 1.31. The minimum atomic E-state index is -0.0513. The molecule has 21 heavy (non-hydrogen) atoms. The van der Waals surface area contributed by atoms with Crippen molar-refractivity contribution in [1.29, 1.82) is 0 Å². The van der Waals surface area contributed by atoms with Crippen molar-refractivity contribution in [2.24, 2.45) is 5.84 Å². The first-order chi connectivity index (χ1) is 10.2. The van der Waals surface area contributed by atoms with Crippen LogP contribution in [-0.4, -0.2) is 40.1 Å². The van der Waals surface area contributed by atoms with Crippen LogP contribution in [0.15, 0.2) is 12.1 Å². The van der Waals surface area contributed by atoms with Crippen molar-refractivity contribution in [3.05, 3.63) is 23.4 Å². The average molecular weight is 292 g/mol. The summed E-state index contributed by atoms with van der Waals surface area (Å²) in [6, 6.07) is 3.71. The number of nitrogens with one attached hydrogen (secondary N) is 1. The molecule has 1 fully saturated rings. The second-order valence-corrected chi connectivity index (χ2v) is 5.39. The van der Waals surface area contributed by atoms with E-state index in [9.17, 15) is 9.90 Å². The fraction of sp³-hybridized carbons (Fsp3) is 0.600. The van der Waals surface area contributed by atoms with Gasteiger partial charge in [0.1, 0.15) is 5.82 Å². The van der Waals surface area contributed by atoms with E-state index in [1.165, 1.54) is 0 Å². The van der Waals surface area contributed by atoms with Crippen LogP contribution in [0.3, 0.4) is 0 Å². The number of aliphatic hydroxyl groups is 1. The first-order valence-corrected chi connectivity index (χ1v) is 7.59. The molecule has 0 atom stereocenters. The van der Waals surface area contributed by atoms with Crippen LogP contribution in [-0.2, 0) is 6.42 Å². The lowest BCUT2D eigenvalue weighted by atomic mass is 10.1. The van der Waals surface area contributed by atoms with Gasteiger partial charge in [-0.05, 0) is 31.4 Å². The van der Waals surface area contributed by atoms with Crippen molar-refractivity contribution >= 4 is 11.7 Å². The van der Waals surface area contributed by atoms with E-state index in [1.807, 2.05) is 13.0 Å². The maximum Gasteiger partial charge on any atom is 0.254 e. The number of hydrazine groups is 1. The Bertz CT molecular complexity index is 464. The fourth-order valence-electron chi connectivity index (χ4n) is 2.91. The van der Waals surface area contributed by atoms with Crippen LogP contribution in [0.2, 0.25) is 0 Å². The molecule has 1 aromatic rings. The molecular formula is C15H24N4O2. The minimum Gasteiger partial charge on any atom is -0.395 e. The molecule has 0 aromatic carbocycles. The summed E-state index contributed by atoms with van der Waals surface area (Å²) in [5.41, 5.74) is 3.91. The molecule has 4 N–H and O–H groups in total. The van der Waals surface area contributed by atoms with Gasteiger partial charge >= 0.3 is 0 Å². The van der Waals surface area contributed by atoms with Crippen molar-refractivity contribution < 1.29 is 9.90 Å². The van der Waals surface area contributed by atoms with Crippen molar-refractivity contribution in [2.45, 2.75) is 45.1 Å². The molecule has 0 aliphatic heterocycles. The molecule has 0 saturated heterocycles. The molecule has 6 nitrogen and oxygen atoms in total. The summed E-state index contributed by atoms with van der Waals surface area (Å²) in [6.07, 6.45) is 5.05. The highest BCUT2D eigenvalue weighted by Gasteiger charge is 2.27. The van der Waals surface area contributed by atoms with Gasteiger partial charge in [0, 0.05) is 23.8 Å². The topological polar surface area (TPSA) is 91.5 Å². The highest BCUT2D eigenvalue weighted by Crippen LogP contribution is 2.25. The van der Waals surface area contributed by atoms with E-state index < -0.39 is 0 Å². The van der Waals surface area contributed by atoms with Gasteiger partial charge in [0.2, 0.25) is 0 Å². The summed E-state index contributed by atoms with van der Waals surface area (Å²) in [4.78, 5) is 18.9. The van der Waals surface area contributed by atoms with Gasteiger partial charge in [0.05, 0.1) is 6.61 Å². The molecule has 1 aliphatic carbocycles. The van der Waals surface area contributed by atoms with E-state index in [0.29, 0.717) is 17.9 Å². The number of nitrogen functional groups attached to an aromatic ring is 1. The predicted molar refractivity (Wildman–Crippen MR) is 81.8 cm³/mol. The summed E-state index contributed by atoms with van der Waals surface area (Å²) < 4.78 is 0. The van der Waals surface area contributed by atoms with E-state index in [2.05, 4.69) is 10.4 Å². The van der Waals surface area contributed by atoms with Crippen LogP contribution in [0.4, 0.5) is 5.82 Å². The monoisotopic (exact) mass is 292 g/mol. The molecular weight excluding hydrogens is 268 g/mol. The van der Waals surface area contributed by atoms with Crippen LogP contribution >= 0.6 is 0 Å². The Morgan fingerprint density at radius 2 is 2.19 bits per heavy atom. The van der Waals surface area contributed by atoms with Crippen LogP contribution in [0.25, 0.3) is 0 Å². The Labute approximate surface area is 125 Å². The molecule has 2 rings (SSSR count). The molecule has 1 amide bonds. The number of aromatic nitrogens is 1. The lowest BCUT2D eigenvalue weighted by Crippen LogP contribution is -2.40. The SMILES string of the molecule is CCc1cc(C(=O)N(CCO)C2CCCC2)cc(NN)n1. The lowest BCUT2D eigenvalue weighted by Gasteiger charge is -2.28. The van der Waals surface area contributed by atoms with Gasteiger partial charge in [0.15, 0.2) is 0 Å². The van der Waals surface area contributed by atoms with Crippen LogP contribution in [0, 0.1) is 0 Å². The number of hydrogen-bond donors (Lipinski definition) is 3. The molecule has 6 heteroatoms. The third kappa shape index (κ3) is 3.71. The van der Waals surface area contributed by atoms with Crippen molar-refractivity contribution in [1.82, 2.24) is 9.88 Å². The number of hydrogen-bond acceptors (Lipinski definition) is 5. The lowest BCUT2D eigenvalue weighted by molar-refractivity contribution is 0.0638. The van der Waals surface area contributed by atoms with Crippen LogP contribution in [0.5, 0.6) is 0 Å². The number of carbonyl (C=O) groups excluding carboxylic acids is 1. The first-order valence-electron chi connectivity index (χ1n) is 7.59. The smallest absolute Gasteiger partial charge is 0.254 e. The molecule has 116 valence electrons. The van der Waals surface area contributed by atoms with Crippen LogP contribution < -0.4 is 11.3 Å².